The molecular weight excluding hydrogens is 412 g/mol. The summed E-state index contributed by atoms with van der Waals surface area (Å²) in [4.78, 5) is 32.1. The van der Waals surface area contributed by atoms with Gasteiger partial charge in [-0.1, -0.05) is 18.2 Å². The predicted molar refractivity (Wildman–Crippen MR) is 123 cm³/mol. The van der Waals surface area contributed by atoms with Crippen molar-refractivity contribution >= 4 is 27.5 Å². The highest BCUT2D eigenvalue weighted by Crippen LogP contribution is 2.37. The first kappa shape index (κ1) is 21.7. The lowest BCUT2D eigenvalue weighted by molar-refractivity contribution is -0.148. The van der Waals surface area contributed by atoms with Crippen LogP contribution in [0.3, 0.4) is 0 Å². The van der Waals surface area contributed by atoms with E-state index in [9.17, 15) is 9.59 Å². The maximum atomic E-state index is 13.4. The first-order valence-corrected chi connectivity index (χ1v) is 11.7. The third-order valence-electron chi connectivity index (χ3n) is 5.89. The van der Waals surface area contributed by atoms with E-state index < -0.39 is 12.0 Å². The Kier molecular flexibility index (Phi) is 6.53. The number of carbonyl (C=O) groups is 1. The van der Waals surface area contributed by atoms with Crippen molar-refractivity contribution in [1.82, 2.24) is 9.55 Å². The van der Waals surface area contributed by atoms with Gasteiger partial charge in [0.1, 0.15) is 17.5 Å². The lowest BCUT2D eigenvalue weighted by atomic mass is 9.89. The van der Waals surface area contributed by atoms with E-state index in [1.165, 1.54) is 46.2 Å². The van der Waals surface area contributed by atoms with Crippen molar-refractivity contribution in [2.75, 3.05) is 19.8 Å². The molecule has 0 fully saturated rings. The average molecular weight is 441 g/mol. The topological polar surface area (TPSA) is 70.4 Å². The molecule has 1 aliphatic rings. The third-order valence-corrected chi connectivity index (χ3v) is 6.90. The molecule has 1 atom stereocenters. The molecule has 0 N–H and O–H groups in total. The molecule has 3 aromatic rings. The van der Waals surface area contributed by atoms with E-state index in [1.807, 2.05) is 13.8 Å². The van der Waals surface area contributed by atoms with Gasteiger partial charge in [0.15, 0.2) is 0 Å². The SMILES string of the molecule is CCOCCOC(=O)C(C)n1cnc2sc(C)c(-c3ccc4c(c3)CCCC4)c2c1=O. The molecule has 0 amide bonds. The molecule has 7 heteroatoms. The molecule has 164 valence electrons. The summed E-state index contributed by atoms with van der Waals surface area (Å²) in [6.07, 6.45) is 6.09. The highest BCUT2D eigenvalue weighted by Gasteiger charge is 2.23. The second-order valence-corrected chi connectivity index (χ2v) is 9.10. The van der Waals surface area contributed by atoms with Gasteiger partial charge >= 0.3 is 5.97 Å². The van der Waals surface area contributed by atoms with Gasteiger partial charge in [0.05, 0.1) is 18.3 Å². The monoisotopic (exact) mass is 440 g/mol. The van der Waals surface area contributed by atoms with Crippen LogP contribution in [0, 0.1) is 6.92 Å². The van der Waals surface area contributed by atoms with E-state index in [-0.39, 0.29) is 12.2 Å². The minimum Gasteiger partial charge on any atom is -0.462 e. The van der Waals surface area contributed by atoms with Crippen LogP contribution in [0.15, 0.2) is 29.3 Å². The van der Waals surface area contributed by atoms with Crippen molar-refractivity contribution in [3.63, 3.8) is 0 Å². The number of hydrogen-bond donors (Lipinski definition) is 0. The fourth-order valence-corrected chi connectivity index (χ4v) is 5.21. The zero-order chi connectivity index (χ0) is 22.0. The number of nitrogens with zero attached hydrogens (tertiary/aromatic N) is 2. The fourth-order valence-electron chi connectivity index (χ4n) is 4.21. The summed E-state index contributed by atoms with van der Waals surface area (Å²) in [5, 5.41) is 0.578. The van der Waals surface area contributed by atoms with Crippen LogP contribution in [-0.4, -0.2) is 35.3 Å². The molecule has 2 heterocycles. The molecule has 1 aliphatic carbocycles. The Hall–Kier alpha value is -2.51. The molecule has 1 unspecified atom stereocenters. The number of esters is 1. The van der Waals surface area contributed by atoms with Crippen molar-refractivity contribution in [3.8, 4) is 11.1 Å². The molecule has 0 spiro atoms. The van der Waals surface area contributed by atoms with Gasteiger partial charge in [-0.3, -0.25) is 9.36 Å². The van der Waals surface area contributed by atoms with Crippen LogP contribution >= 0.6 is 11.3 Å². The Morgan fingerprint density at radius 3 is 2.77 bits per heavy atom. The van der Waals surface area contributed by atoms with Crippen molar-refractivity contribution in [1.29, 1.82) is 0 Å². The van der Waals surface area contributed by atoms with Crippen molar-refractivity contribution in [2.24, 2.45) is 0 Å². The summed E-state index contributed by atoms with van der Waals surface area (Å²) < 4.78 is 11.8. The highest BCUT2D eigenvalue weighted by molar-refractivity contribution is 7.19. The van der Waals surface area contributed by atoms with E-state index in [0.717, 1.165) is 28.8 Å². The first-order valence-electron chi connectivity index (χ1n) is 10.9. The fraction of sp³-hybridized carbons (Fsp3) is 0.458. The number of aryl methyl sites for hydroxylation is 3. The van der Waals surface area contributed by atoms with Crippen molar-refractivity contribution < 1.29 is 14.3 Å². The highest BCUT2D eigenvalue weighted by atomic mass is 32.1. The Bertz CT molecular complexity index is 1160. The van der Waals surface area contributed by atoms with E-state index >= 15 is 0 Å². The van der Waals surface area contributed by atoms with Gasteiger partial charge in [0.2, 0.25) is 0 Å². The standard InChI is InChI=1S/C24H28N2O4S/c1-4-29-11-12-30-24(28)15(2)26-14-25-22-21(23(26)27)20(16(3)31-22)19-10-9-17-7-5-6-8-18(17)13-19/h9-10,13-15H,4-8,11-12H2,1-3H3. The summed E-state index contributed by atoms with van der Waals surface area (Å²) in [5.74, 6) is -0.467. The number of rotatable bonds is 7. The molecule has 0 radical (unpaired) electrons. The predicted octanol–water partition coefficient (Wildman–Crippen LogP) is 4.45. The Labute approximate surface area is 185 Å². The van der Waals surface area contributed by atoms with E-state index in [1.54, 1.807) is 6.92 Å². The molecule has 0 bridgehead atoms. The molecule has 31 heavy (non-hydrogen) atoms. The quantitative estimate of drug-likeness (QED) is 0.401. The molecular formula is C24H28N2O4S. The zero-order valence-electron chi connectivity index (χ0n) is 18.3. The number of carbonyl (C=O) groups excluding carboxylic acids is 1. The van der Waals surface area contributed by atoms with Crippen molar-refractivity contribution in [2.45, 2.75) is 52.5 Å². The molecule has 1 aromatic carbocycles. The summed E-state index contributed by atoms with van der Waals surface area (Å²) in [6.45, 7) is 6.64. The molecule has 2 aromatic heterocycles. The summed E-state index contributed by atoms with van der Waals surface area (Å²) in [6, 6.07) is 5.77. The minimum atomic E-state index is -0.761. The van der Waals surface area contributed by atoms with Gasteiger partial charge < -0.3 is 9.47 Å². The van der Waals surface area contributed by atoms with Crippen LogP contribution in [0.4, 0.5) is 0 Å². The van der Waals surface area contributed by atoms with Crippen LogP contribution < -0.4 is 5.56 Å². The number of aromatic nitrogens is 2. The second kappa shape index (κ2) is 9.32. The number of thiophene rings is 1. The number of hydrogen-bond acceptors (Lipinski definition) is 6. The van der Waals surface area contributed by atoms with Crippen LogP contribution in [0.2, 0.25) is 0 Å². The largest absolute Gasteiger partial charge is 0.462 e. The maximum Gasteiger partial charge on any atom is 0.329 e. The van der Waals surface area contributed by atoms with Crippen LogP contribution in [0.5, 0.6) is 0 Å². The Morgan fingerprint density at radius 2 is 2.00 bits per heavy atom. The van der Waals surface area contributed by atoms with Gasteiger partial charge in [-0.2, -0.15) is 0 Å². The molecule has 0 saturated carbocycles. The van der Waals surface area contributed by atoms with E-state index in [0.29, 0.717) is 23.4 Å². The minimum absolute atomic E-state index is 0.166. The van der Waals surface area contributed by atoms with Crippen LogP contribution in [0.25, 0.3) is 21.3 Å². The average Bonchev–Trinajstić information content (AvgIpc) is 3.12. The third kappa shape index (κ3) is 4.29. The van der Waals surface area contributed by atoms with E-state index in [2.05, 4.69) is 23.2 Å². The van der Waals surface area contributed by atoms with Gasteiger partial charge in [-0.25, -0.2) is 9.78 Å². The molecule has 6 nitrogen and oxygen atoms in total. The summed E-state index contributed by atoms with van der Waals surface area (Å²) in [5.41, 5.74) is 4.55. The van der Waals surface area contributed by atoms with E-state index in [4.69, 9.17) is 9.47 Å². The lowest BCUT2D eigenvalue weighted by Gasteiger charge is -2.17. The van der Waals surface area contributed by atoms with Crippen LogP contribution in [0.1, 0.15) is 48.7 Å². The second-order valence-electron chi connectivity index (χ2n) is 7.90. The van der Waals surface area contributed by atoms with Gasteiger partial charge in [-0.05, 0) is 63.1 Å². The Balaban J connectivity index is 1.71. The zero-order valence-corrected chi connectivity index (χ0v) is 19.1. The summed E-state index contributed by atoms with van der Waals surface area (Å²) >= 11 is 1.52. The summed E-state index contributed by atoms with van der Waals surface area (Å²) in [7, 11) is 0. The number of benzene rings is 1. The molecule has 4 rings (SSSR count). The number of fused-ring (bicyclic) bond motifs is 2. The van der Waals surface area contributed by atoms with Crippen LogP contribution in [-0.2, 0) is 27.1 Å². The smallest absolute Gasteiger partial charge is 0.329 e. The first-order chi connectivity index (χ1) is 15.0. The normalized spacial score (nSPS) is 14.4. The molecule has 0 aliphatic heterocycles. The number of ether oxygens (including phenoxy) is 2. The van der Waals surface area contributed by atoms with Gasteiger partial charge in [0.25, 0.3) is 5.56 Å². The molecule has 0 saturated heterocycles. The van der Waals surface area contributed by atoms with Crippen molar-refractivity contribution in [3.05, 3.63) is 50.9 Å². The Morgan fingerprint density at radius 1 is 1.23 bits per heavy atom. The lowest BCUT2D eigenvalue weighted by Crippen LogP contribution is -2.30. The maximum absolute atomic E-state index is 13.4. The van der Waals surface area contributed by atoms with Gasteiger partial charge in [-0.15, -0.1) is 11.3 Å². The van der Waals surface area contributed by atoms with Gasteiger partial charge in [0, 0.05) is 17.0 Å².